The SMILES string of the molecule is CC1CC1.CCC(=O)c1c(OC)cc(-c2cnc3cc(C4COC4)c(OC)cn23)cc1OC(C)F. The fourth-order valence-electron chi connectivity index (χ4n) is 3.92. The summed E-state index contributed by atoms with van der Waals surface area (Å²) >= 11 is 0. The lowest BCUT2D eigenvalue weighted by molar-refractivity contribution is 0.00753. The van der Waals surface area contributed by atoms with Crippen LogP contribution in [0.3, 0.4) is 0 Å². The van der Waals surface area contributed by atoms with Crippen LogP contribution in [0.4, 0.5) is 4.39 Å². The second-order valence-electron chi connectivity index (χ2n) is 9.07. The van der Waals surface area contributed by atoms with Gasteiger partial charge in [-0.15, -0.1) is 0 Å². The lowest BCUT2D eigenvalue weighted by Crippen LogP contribution is -2.25. The van der Waals surface area contributed by atoms with E-state index in [1.165, 1.54) is 26.9 Å². The molecule has 1 aliphatic carbocycles. The summed E-state index contributed by atoms with van der Waals surface area (Å²) in [5.74, 6) is 2.38. The first-order valence-corrected chi connectivity index (χ1v) is 12.0. The Morgan fingerprint density at radius 2 is 1.83 bits per heavy atom. The molecule has 188 valence electrons. The van der Waals surface area contributed by atoms with Crippen LogP contribution in [0, 0.1) is 5.92 Å². The summed E-state index contributed by atoms with van der Waals surface area (Å²) in [6.07, 6.45) is 5.22. The van der Waals surface area contributed by atoms with Crippen molar-refractivity contribution in [3.63, 3.8) is 0 Å². The first-order valence-electron chi connectivity index (χ1n) is 12.0. The Morgan fingerprint density at radius 1 is 1.17 bits per heavy atom. The van der Waals surface area contributed by atoms with Gasteiger partial charge in [0, 0.05) is 30.4 Å². The van der Waals surface area contributed by atoms with Gasteiger partial charge in [-0.1, -0.05) is 26.7 Å². The minimum Gasteiger partial charge on any atom is -0.496 e. The molecule has 8 heteroatoms. The fraction of sp³-hybridized carbons (Fsp3) is 0.481. The van der Waals surface area contributed by atoms with Crippen LogP contribution in [0.2, 0.25) is 0 Å². The van der Waals surface area contributed by atoms with Crippen molar-refractivity contribution in [1.82, 2.24) is 9.38 Å². The Balaban J connectivity index is 0.000000656. The highest BCUT2D eigenvalue weighted by molar-refractivity contribution is 6.02. The van der Waals surface area contributed by atoms with Gasteiger partial charge in [-0.2, -0.15) is 0 Å². The number of methoxy groups -OCH3 is 2. The Kier molecular flexibility index (Phi) is 7.60. The molecule has 1 saturated heterocycles. The van der Waals surface area contributed by atoms with Crippen molar-refractivity contribution in [2.45, 2.75) is 52.3 Å². The predicted molar refractivity (Wildman–Crippen MR) is 132 cm³/mol. The largest absolute Gasteiger partial charge is 0.496 e. The van der Waals surface area contributed by atoms with Crippen LogP contribution in [0.5, 0.6) is 17.2 Å². The van der Waals surface area contributed by atoms with Crippen molar-refractivity contribution in [2.24, 2.45) is 5.92 Å². The zero-order valence-electron chi connectivity index (χ0n) is 21.0. The lowest BCUT2D eigenvalue weighted by Gasteiger charge is -2.27. The fourth-order valence-corrected chi connectivity index (χ4v) is 3.92. The molecule has 0 spiro atoms. The number of imidazole rings is 1. The van der Waals surface area contributed by atoms with Crippen LogP contribution >= 0.6 is 0 Å². The number of rotatable bonds is 8. The summed E-state index contributed by atoms with van der Waals surface area (Å²) in [7, 11) is 3.10. The van der Waals surface area contributed by atoms with Crippen molar-refractivity contribution in [2.75, 3.05) is 27.4 Å². The molecule has 1 aromatic carbocycles. The van der Waals surface area contributed by atoms with E-state index >= 15 is 0 Å². The van der Waals surface area contributed by atoms with Crippen LogP contribution in [0.15, 0.2) is 30.6 Å². The summed E-state index contributed by atoms with van der Waals surface area (Å²) in [6.45, 7) is 6.60. The van der Waals surface area contributed by atoms with E-state index in [1.807, 2.05) is 16.7 Å². The van der Waals surface area contributed by atoms with Crippen LogP contribution in [0.1, 0.15) is 61.9 Å². The Morgan fingerprint density at radius 3 is 2.34 bits per heavy atom. The van der Waals surface area contributed by atoms with Gasteiger partial charge in [0.25, 0.3) is 0 Å². The molecule has 0 radical (unpaired) electrons. The summed E-state index contributed by atoms with van der Waals surface area (Å²) < 4.78 is 37.4. The Labute approximate surface area is 205 Å². The second-order valence-corrected chi connectivity index (χ2v) is 9.07. The van der Waals surface area contributed by atoms with Gasteiger partial charge in [0.05, 0.1) is 45.5 Å². The standard InChI is InChI=1S/C23H25FN2O5.C4H8/c1-5-18(27)23-19(28-3)6-14(7-20(23)31-13(2)24)17-9-25-22-8-16(15-11-30-12-15)21(29-4)10-26(17)22;1-4-2-3-4/h6-10,13,15H,5,11-12H2,1-4H3;4H,2-3H2,1H3. The van der Waals surface area contributed by atoms with E-state index in [1.54, 1.807) is 32.4 Å². The highest BCUT2D eigenvalue weighted by atomic mass is 19.1. The van der Waals surface area contributed by atoms with Crippen molar-refractivity contribution in [3.8, 4) is 28.5 Å². The number of fused-ring (bicyclic) bond motifs is 1. The third kappa shape index (κ3) is 5.42. The van der Waals surface area contributed by atoms with Crippen molar-refractivity contribution < 1.29 is 28.1 Å². The highest BCUT2D eigenvalue weighted by Gasteiger charge is 2.26. The molecule has 0 amide bonds. The smallest absolute Gasteiger partial charge is 0.235 e. The molecule has 7 nitrogen and oxygen atoms in total. The van der Waals surface area contributed by atoms with Crippen LogP contribution in [0.25, 0.3) is 16.9 Å². The number of alkyl halides is 1. The molecular weight excluding hydrogens is 451 g/mol. The average molecular weight is 485 g/mol. The molecule has 35 heavy (non-hydrogen) atoms. The molecule has 0 N–H and O–H groups in total. The van der Waals surface area contributed by atoms with Gasteiger partial charge in [-0.3, -0.25) is 9.20 Å². The molecular formula is C27H33FN2O5. The maximum absolute atomic E-state index is 13.7. The molecule has 1 saturated carbocycles. The summed E-state index contributed by atoms with van der Waals surface area (Å²) in [5.41, 5.74) is 3.43. The van der Waals surface area contributed by atoms with Gasteiger partial charge in [-0.25, -0.2) is 9.37 Å². The highest BCUT2D eigenvalue weighted by Crippen LogP contribution is 2.38. The maximum Gasteiger partial charge on any atom is 0.235 e. The van der Waals surface area contributed by atoms with E-state index in [2.05, 4.69) is 11.9 Å². The molecule has 2 aromatic heterocycles. The van der Waals surface area contributed by atoms with E-state index in [9.17, 15) is 9.18 Å². The zero-order chi connectivity index (χ0) is 25.1. The van der Waals surface area contributed by atoms with Gasteiger partial charge in [-0.05, 0) is 24.1 Å². The van der Waals surface area contributed by atoms with E-state index < -0.39 is 6.36 Å². The molecule has 3 heterocycles. The monoisotopic (exact) mass is 484 g/mol. The molecule has 1 unspecified atom stereocenters. The summed E-state index contributed by atoms with van der Waals surface area (Å²) in [5, 5.41) is 0. The van der Waals surface area contributed by atoms with Gasteiger partial charge >= 0.3 is 0 Å². The minimum atomic E-state index is -1.59. The Bertz CT molecular complexity index is 1200. The minimum absolute atomic E-state index is 0.140. The number of aromatic nitrogens is 2. The number of halogens is 1. The van der Waals surface area contributed by atoms with Gasteiger partial charge in [0.1, 0.15) is 28.5 Å². The van der Waals surface area contributed by atoms with Crippen LogP contribution in [-0.2, 0) is 4.74 Å². The topological polar surface area (TPSA) is 71.3 Å². The predicted octanol–water partition coefficient (Wildman–Crippen LogP) is 5.84. The van der Waals surface area contributed by atoms with Crippen LogP contribution in [-0.4, -0.2) is 49.0 Å². The maximum atomic E-state index is 13.7. The van der Waals surface area contributed by atoms with Crippen molar-refractivity contribution in [1.29, 1.82) is 0 Å². The number of Topliss-reactive ketones (excluding diaryl/α,β-unsaturated/α-hetero) is 1. The van der Waals surface area contributed by atoms with Gasteiger partial charge < -0.3 is 18.9 Å². The number of ketones is 1. The van der Waals surface area contributed by atoms with Crippen LogP contribution < -0.4 is 14.2 Å². The molecule has 3 aromatic rings. The number of hydrogen-bond acceptors (Lipinski definition) is 6. The lowest BCUT2D eigenvalue weighted by atomic mass is 9.97. The van der Waals surface area contributed by atoms with Gasteiger partial charge in [0.2, 0.25) is 6.36 Å². The number of nitrogens with zero attached hydrogens (tertiary/aromatic N) is 2. The summed E-state index contributed by atoms with van der Waals surface area (Å²) in [6, 6.07) is 5.37. The number of carbonyl (C=O) groups is 1. The number of hydrogen-bond donors (Lipinski definition) is 0. The molecule has 2 fully saturated rings. The zero-order valence-corrected chi connectivity index (χ0v) is 21.0. The van der Waals surface area contributed by atoms with Crippen molar-refractivity contribution in [3.05, 3.63) is 41.7 Å². The van der Waals surface area contributed by atoms with E-state index in [0.717, 1.165) is 28.6 Å². The number of ether oxygens (including phenoxy) is 4. The molecule has 1 atom stereocenters. The molecule has 1 aliphatic heterocycles. The summed E-state index contributed by atoms with van der Waals surface area (Å²) in [4.78, 5) is 17.0. The molecule has 0 bridgehead atoms. The Hall–Kier alpha value is -3.13. The first-order chi connectivity index (χ1) is 16.9. The molecule has 5 rings (SSSR count). The van der Waals surface area contributed by atoms with E-state index in [0.29, 0.717) is 24.5 Å². The third-order valence-electron chi connectivity index (χ3n) is 6.28. The number of benzene rings is 1. The van der Waals surface area contributed by atoms with Gasteiger partial charge in [0.15, 0.2) is 5.78 Å². The van der Waals surface area contributed by atoms with E-state index in [4.69, 9.17) is 18.9 Å². The third-order valence-corrected chi connectivity index (χ3v) is 6.28. The van der Waals surface area contributed by atoms with E-state index in [-0.39, 0.29) is 29.4 Å². The first kappa shape index (κ1) is 25.0. The number of carbonyl (C=O) groups excluding carboxylic acids is 1. The van der Waals surface area contributed by atoms with Crippen molar-refractivity contribution >= 4 is 11.4 Å². The second kappa shape index (κ2) is 10.6. The number of pyridine rings is 1. The normalized spacial score (nSPS) is 16.2. The quantitative estimate of drug-likeness (QED) is 0.374. The molecule has 2 aliphatic rings. The average Bonchev–Trinajstić information content (AvgIpc) is 3.48.